The molecule has 0 amide bonds. The molecule has 18 heavy (non-hydrogen) atoms. The van der Waals surface area contributed by atoms with Gasteiger partial charge in [-0.15, -0.1) is 0 Å². The minimum absolute atomic E-state index is 0.0939. The third-order valence-corrected chi connectivity index (χ3v) is 4.71. The first-order valence-electron chi connectivity index (χ1n) is 5.31. The largest absolute Gasteiger partial charge is 0.281 e. The predicted molar refractivity (Wildman–Crippen MR) is 71.4 cm³/mol. The van der Waals surface area contributed by atoms with Crippen molar-refractivity contribution in [2.24, 2.45) is 0 Å². The van der Waals surface area contributed by atoms with E-state index in [1.807, 2.05) is 0 Å². The Hall–Kier alpha value is -1.28. The van der Waals surface area contributed by atoms with Crippen LogP contribution >= 0.6 is 0 Å². The van der Waals surface area contributed by atoms with Crippen molar-refractivity contribution in [3.8, 4) is 0 Å². The minimum atomic E-state index is -3.47. The van der Waals surface area contributed by atoms with E-state index in [4.69, 9.17) is 0 Å². The monoisotopic (exact) mass is 291 g/mol. The Labute approximate surface area is 108 Å². The van der Waals surface area contributed by atoms with Gasteiger partial charge in [-0.2, -0.15) is 0 Å². The molecule has 1 aromatic carbocycles. The van der Waals surface area contributed by atoms with Gasteiger partial charge < -0.3 is 0 Å². The smallest absolute Gasteiger partial charge is 0.232 e. The van der Waals surface area contributed by atoms with Crippen LogP contribution in [-0.2, 0) is 20.0 Å². The fourth-order valence-electron chi connectivity index (χ4n) is 1.07. The van der Waals surface area contributed by atoms with Gasteiger partial charge in [0.2, 0.25) is 20.0 Å². The average Bonchev–Trinajstić information content (AvgIpc) is 2.31. The van der Waals surface area contributed by atoms with Crippen LogP contribution in [0.5, 0.6) is 0 Å². The van der Waals surface area contributed by atoms with Gasteiger partial charge in [0.15, 0.2) is 0 Å². The molecule has 0 fully saturated rings. The number of sulfonamides is 2. The van der Waals surface area contributed by atoms with Crippen LogP contribution in [0.15, 0.2) is 18.2 Å². The summed E-state index contributed by atoms with van der Waals surface area (Å²) in [7, 11) is -6.94. The van der Waals surface area contributed by atoms with Gasteiger partial charge in [0.25, 0.3) is 0 Å². The summed E-state index contributed by atoms with van der Waals surface area (Å²) in [6.45, 7) is 2.98. The van der Waals surface area contributed by atoms with Crippen LogP contribution in [-0.4, -0.2) is 28.3 Å². The summed E-state index contributed by atoms with van der Waals surface area (Å²) in [5.74, 6) is -0.197. The van der Waals surface area contributed by atoms with E-state index in [1.165, 1.54) is 26.0 Å². The van der Waals surface area contributed by atoms with Crippen LogP contribution in [0, 0.1) is 6.07 Å². The lowest BCUT2D eigenvalue weighted by atomic mass is 10.3. The van der Waals surface area contributed by atoms with Crippen molar-refractivity contribution >= 4 is 31.4 Å². The summed E-state index contributed by atoms with van der Waals surface area (Å²) >= 11 is 0. The summed E-state index contributed by atoms with van der Waals surface area (Å²) in [5.41, 5.74) is 0.257. The maximum absolute atomic E-state index is 11.5. The second-order valence-corrected chi connectivity index (χ2v) is 7.49. The molecule has 0 unspecified atom stereocenters. The molecule has 0 spiro atoms. The zero-order chi connectivity index (χ0) is 13.8. The number of anilines is 2. The van der Waals surface area contributed by atoms with Crippen LogP contribution in [0.2, 0.25) is 0 Å². The van der Waals surface area contributed by atoms with Gasteiger partial charge in [0, 0.05) is 6.07 Å². The lowest BCUT2D eigenvalue weighted by Gasteiger charge is -2.12. The van der Waals surface area contributed by atoms with Crippen molar-refractivity contribution in [3.63, 3.8) is 0 Å². The molecule has 0 atom stereocenters. The summed E-state index contributed by atoms with van der Waals surface area (Å²) in [4.78, 5) is 0. The second kappa shape index (κ2) is 5.57. The standard InChI is InChI=1S/C10H15N2O4S2/c1-3-17(13,14)11-9-7-5-6-8-10(9)12-18(15,16)4-2/h5-7,11-12H,3-4H2,1-2H3. The van der Waals surface area contributed by atoms with Crippen molar-refractivity contribution in [2.75, 3.05) is 20.9 Å². The summed E-state index contributed by atoms with van der Waals surface area (Å²) in [5, 5.41) is 0. The van der Waals surface area contributed by atoms with E-state index in [2.05, 4.69) is 15.5 Å². The Kier molecular flexibility index (Phi) is 4.58. The first kappa shape index (κ1) is 14.8. The molecule has 2 N–H and O–H groups in total. The number of rotatable bonds is 6. The van der Waals surface area contributed by atoms with Crippen LogP contribution in [0.25, 0.3) is 0 Å². The maximum atomic E-state index is 11.5. The third-order valence-electron chi connectivity index (χ3n) is 2.14. The molecule has 0 heterocycles. The molecule has 0 aliphatic carbocycles. The van der Waals surface area contributed by atoms with Gasteiger partial charge in [0.1, 0.15) is 0 Å². The van der Waals surface area contributed by atoms with Crippen LogP contribution in [0.1, 0.15) is 13.8 Å². The first-order valence-corrected chi connectivity index (χ1v) is 8.62. The molecular formula is C10H15N2O4S2. The molecule has 8 heteroatoms. The zero-order valence-corrected chi connectivity index (χ0v) is 11.7. The Morgan fingerprint density at radius 2 is 1.61 bits per heavy atom. The molecular weight excluding hydrogens is 276 g/mol. The molecule has 0 aliphatic rings. The van der Waals surface area contributed by atoms with Gasteiger partial charge >= 0.3 is 0 Å². The fourth-order valence-corrected chi connectivity index (χ4v) is 2.35. The highest BCUT2D eigenvalue weighted by molar-refractivity contribution is 7.93. The molecule has 0 aliphatic heterocycles. The lowest BCUT2D eigenvalue weighted by molar-refractivity contribution is 0.600. The fraction of sp³-hybridized carbons (Fsp3) is 0.400. The van der Waals surface area contributed by atoms with E-state index in [1.54, 1.807) is 6.07 Å². The molecule has 0 bridgehead atoms. The molecule has 1 rings (SSSR count). The number of hydrogen-bond acceptors (Lipinski definition) is 4. The molecule has 0 saturated carbocycles. The summed E-state index contributed by atoms with van der Waals surface area (Å²) in [6, 6.07) is 7.19. The molecule has 1 radical (unpaired) electrons. The average molecular weight is 291 g/mol. The topological polar surface area (TPSA) is 92.3 Å². The van der Waals surface area contributed by atoms with Crippen molar-refractivity contribution in [2.45, 2.75) is 13.8 Å². The normalized spacial score (nSPS) is 12.1. The van der Waals surface area contributed by atoms with Crippen LogP contribution in [0.3, 0.4) is 0 Å². The van der Waals surface area contributed by atoms with Crippen molar-refractivity contribution < 1.29 is 16.8 Å². The Morgan fingerprint density at radius 3 is 2.17 bits per heavy atom. The van der Waals surface area contributed by atoms with Gasteiger partial charge in [-0.1, -0.05) is 12.1 Å². The predicted octanol–water partition coefficient (Wildman–Crippen LogP) is 1.01. The highest BCUT2D eigenvalue weighted by Crippen LogP contribution is 2.22. The highest BCUT2D eigenvalue weighted by atomic mass is 32.2. The second-order valence-electron chi connectivity index (χ2n) is 3.47. The number of nitrogens with one attached hydrogen (secondary N) is 2. The van der Waals surface area contributed by atoms with Crippen molar-refractivity contribution in [3.05, 3.63) is 24.3 Å². The van der Waals surface area contributed by atoms with E-state index in [-0.39, 0.29) is 22.9 Å². The van der Waals surface area contributed by atoms with E-state index in [0.29, 0.717) is 0 Å². The van der Waals surface area contributed by atoms with Crippen molar-refractivity contribution in [1.82, 2.24) is 0 Å². The van der Waals surface area contributed by atoms with Gasteiger partial charge in [-0.3, -0.25) is 9.44 Å². The lowest BCUT2D eigenvalue weighted by Crippen LogP contribution is -2.19. The molecule has 6 nitrogen and oxygen atoms in total. The van der Waals surface area contributed by atoms with Gasteiger partial charge in [-0.05, 0) is 19.9 Å². The number of para-hydroxylation sites is 1. The molecule has 0 saturated heterocycles. The van der Waals surface area contributed by atoms with Crippen LogP contribution in [0.4, 0.5) is 11.4 Å². The Morgan fingerprint density at radius 1 is 1.06 bits per heavy atom. The minimum Gasteiger partial charge on any atom is -0.281 e. The molecule has 101 valence electrons. The summed E-state index contributed by atoms with van der Waals surface area (Å²) < 4.78 is 50.4. The summed E-state index contributed by atoms with van der Waals surface area (Å²) in [6.07, 6.45) is 0. The van der Waals surface area contributed by atoms with E-state index in [0.717, 1.165) is 0 Å². The Balaban J connectivity index is 3.08. The molecule has 0 aromatic heterocycles. The SMILES string of the molecule is CCS(=O)(=O)Nc1[c]cccc1NS(=O)(=O)CC. The quantitative estimate of drug-likeness (QED) is 0.818. The first-order chi connectivity index (χ1) is 8.29. The zero-order valence-electron chi connectivity index (χ0n) is 10.1. The van der Waals surface area contributed by atoms with Crippen molar-refractivity contribution in [1.29, 1.82) is 0 Å². The number of benzene rings is 1. The van der Waals surface area contributed by atoms with Crippen LogP contribution < -0.4 is 9.44 Å². The highest BCUT2D eigenvalue weighted by Gasteiger charge is 2.14. The molecule has 1 aromatic rings. The Bertz CT molecular complexity index is 554. The third kappa shape index (κ3) is 4.19. The maximum Gasteiger partial charge on any atom is 0.232 e. The van der Waals surface area contributed by atoms with E-state index < -0.39 is 20.0 Å². The van der Waals surface area contributed by atoms with Gasteiger partial charge in [-0.25, -0.2) is 16.8 Å². The van der Waals surface area contributed by atoms with E-state index >= 15 is 0 Å². The van der Waals surface area contributed by atoms with Gasteiger partial charge in [0.05, 0.1) is 22.9 Å². The van der Waals surface area contributed by atoms with E-state index in [9.17, 15) is 16.8 Å². The number of hydrogen-bond donors (Lipinski definition) is 2.